The van der Waals surface area contributed by atoms with E-state index in [0.717, 1.165) is 5.56 Å². The molecule has 150 valence electrons. The number of aryl methyl sites for hydroxylation is 1. The standard InChI is InChI=1S/C20H24ClN3O4/c1-5-9(3)24-17(26)13-14(18(24)27)20(23-16(13)10(4)25)12-7-11(21)6-8(2)15(12)22-19(20)28/h6-7,9-10,13-14,16,23,25H,5H2,1-4H3,(H,22,28)/t9?,10?,13-,14-,16?,20?/m0/s1. The number of aliphatic hydroxyl groups is 1. The quantitative estimate of drug-likeness (QED) is 0.663. The monoisotopic (exact) mass is 405 g/mol. The molecule has 0 saturated carbocycles. The average molecular weight is 406 g/mol. The van der Waals surface area contributed by atoms with Gasteiger partial charge in [0, 0.05) is 28.4 Å². The first kappa shape index (κ1) is 19.4. The van der Waals surface area contributed by atoms with Crippen LogP contribution in [0.15, 0.2) is 12.1 Å². The number of nitrogens with one attached hydrogen (secondary N) is 2. The summed E-state index contributed by atoms with van der Waals surface area (Å²) in [6, 6.07) is 2.42. The van der Waals surface area contributed by atoms with Crippen molar-refractivity contribution in [3.8, 4) is 0 Å². The van der Waals surface area contributed by atoms with Crippen molar-refractivity contribution >= 4 is 35.0 Å². The van der Waals surface area contributed by atoms with Crippen molar-refractivity contribution in [1.82, 2.24) is 10.2 Å². The number of benzene rings is 1. The van der Waals surface area contributed by atoms with Gasteiger partial charge in [0.25, 0.3) is 0 Å². The Morgan fingerprint density at radius 1 is 1.25 bits per heavy atom. The zero-order chi connectivity index (χ0) is 20.5. The molecule has 7 nitrogen and oxygen atoms in total. The number of carbonyl (C=O) groups excluding carboxylic acids is 3. The predicted octanol–water partition coefficient (Wildman–Crippen LogP) is 1.55. The number of rotatable bonds is 3. The number of aliphatic hydroxyl groups excluding tert-OH is 1. The van der Waals surface area contributed by atoms with Crippen LogP contribution in [0.4, 0.5) is 5.69 Å². The van der Waals surface area contributed by atoms with Gasteiger partial charge in [-0.05, 0) is 44.9 Å². The van der Waals surface area contributed by atoms with Gasteiger partial charge in [-0.15, -0.1) is 0 Å². The van der Waals surface area contributed by atoms with Crippen LogP contribution >= 0.6 is 11.6 Å². The maximum atomic E-state index is 13.4. The minimum absolute atomic E-state index is 0.276. The van der Waals surface area contributed by atoms with E-state index in [4.69, 9.17) is 11.6 Å². The molecule has 2 saturated heterocycles. The van der Waals surface area contributed by atoms with Gasteiger partial charge in [-0.3, -0.25) is 24.6 Å². The molecule has 4 rings (SSSR count). The van der Waals surface area contributed by atoms with Gasteiger partial charge < -0.3 is 10.4 Å². The number of amides is 3. The Hall–Kier alpha value is -1.96. The van der Waals surface area contributed by atoms with Crippen molar-refractivity contribution in [2.75, 3.05) is 5.32 Å². The summed E-state index contributed by atoms with van der Waals surface area (Å²) in [6.07, 6.45) is -0.303. The summed E-state index contributed by atoms with van der Waals surface area (Å²) in [5.41, 5.74) is 0.524. The van der Waals surface area contributed by atoms with Gasteiger partial charge in [0.15, 0.2) is 0 Å². The van der Waals surface area contributed by atoms with Crippen molar-refractivity contribution in [3.05, 3.63) is 28.3 Å². The van der Waals surface area contributed by atoms with Gasteiger partial charge in [-0.1, -0.05) is 18.5 Å². The molecule has 2 fully saturated rings. The van der Waals surface area contributed by atoms with Gasteiger partial charge in [0.2, 0.25) is 17.7 Å². The molecule has 28 heavy (non-hydrogen) atoms. The lowest BCUT2D eigenvalue weighted by molar-refractivity contribution is -0.145. The van der Waals surface area contributed by atoms with Crippen LogP contribution in [-0.2, 0) is 19.9 Å². The number of halogens is 1. The highest BCUT2D eigenvalue weighted by Crippen LogP contribution is 2.54. The summed E-state index contributed by atoms with van der Waals surface area (Å²) >= 11 is 6.27. The summed E-state index contributed by atoms with van der Waals surface area (Å²) in [5.74, 6) is -2.83. The first-order valence-corrected chi connectivity index (χ1v) is 9.97. The summed E-state index contributed by atoms with van der Waals surface area (Å²) < 4.78 is 0. The topological polar surface area (TPSA) is 98.7 Å². The molecule has 4 unspecified atom stereocenters. The second-order valence-electron chi connectivity index (χ2n) is 8.13. The number of imide groups is 1. The molecule has 1 aromatic carbocycles. The first-order valence-electron chi connectivity index (χ1n) is 9.59. The smallest absolute Gasteiger partial charge is 0.250 e. The number of carbonyl (C=O) groups is 3. The Balaban J connectivity index is 1.94. The fourth-order valence-corrected chi connectivity index (χ4v) is 5.29. The van der Waals surface area contributed by atoms with E-state index in [0.29, 0.717) is 22.7 Å². The summed E-state index contributed by atoms with van der Waals surface area (Å²) in [6.45, 7) is 7.11. The fourth-order valence-electron chi connectivity index (χ4n) is 5.02. The molecule has 3 aliphatic heterocycles. The van der Waals surface area contributed by atoms with Gasteiger partial charge in [-0.25, -0.2) is 0 Å². The van der Waals surface area contributed by atoms with Crippen LogP contribution in [0.1, 0.15) is 38.3 Å². The highest BCUT2D eigenvalue weighted by Gasteiger charge is 2.71. The molecular weight excluding hydrogens is 382 g/mol. The lowest BCUT2D eigenvalue weighted by Crippen LogP contribution is -2.55. The lowest BCUT2D eigenvalue weighted by Gasteiger charge is -2.31. The molecule has 6 atom stereocenters. The fraction of sp³-hybridized carbons (Fsp3) is 0.550. The highest BCUT2D eigenvalue weighted by molar-refractivity contribution is 6.31. The number of nitrogens with zero attached hydrogens (tertiary/aromatic N) is 1. The van der Waals surface area contributed by atoms with Gasteiger partial charge >= 0.3 is 0 Å². The summed E-state index contributed by atoms with van der Waals surface area (Å²) in [5, 5.41) is 16.9. The Bertz CT molecular complexity index is 902. The number of likely N-dealkylation sites (tertiary alicyclic amines) is 1. The van der Waals surface area contributed by atoms with Crippen LogP contribution in [0.5, 0.6) is 0 Å². The molecule has 0 aromatic heterocycles. The molecule has 0 aliphatic carbocycles. The highest BCUT2D eigenvalue weighted by atomic mass is 35.5. The van der Waals surface area contributed by atoms with E-state index >= 15 is 0 Å². The molecule has 1 aromatic rings. The van der Waals surface area contributed by atoms with Crippen molar-refractivity contribution in [2.24, 2.45) is 11.8 Å². The Morgan fingerprint density at radius 3 is 2.54 bits per heavy atom. The molecule has 3 N–H and O–H groups in total. The third-order valence-corrected chi connectivity index (χ3v) is 6.72. The largest absolute Gasteiger partial charge is 0.392 e. The Labute approximate surface area is 168 Å². The van der Waals surface area contributed by atoms with E-state index < -0.39 is 35.4 Å². The number of anilines is 1. The third-order valence-electron chi connectivity index (χ3n) is 6.51. The van der Waals surface area contributed by atoms with Crippen LogP contribution in [0.3, 0.4) is 0 Å². The van der Waals surface area contributed by atoms with E-state index in [2.05, 4.69) is 10.6 Å². The van der Waals surface area contributed by atoms with Crippen LogP contribution in [0, 0.1) is 18.8 Å². The molecule has 1 spiro atoms. The molecule has 3 aliphatic rings. The van der Waals surface area contributed by atoms with E-state index in [-0.39, 0.29) is 17.9 Å². The molecule has 3 heterocycles. The molecule has 8 heteroatoms. The van der Waals surface area contributed by atoms with E-state index in [1.54, 1.807) is 19.1 Å². The van der Waals surface area contributed by atoms with Crippen molar-refractivity contribution in [2.45, 2.75) is 57.8 Å². The minimum Gasteiger partial charge on any atom is -0.392 e. The maximum absolute atomic E-state index is 13.4. The number of hydrogen-bond donors (Lipinski definition) is 3. The second kappa shape index (κ2) is 6.27. The first-order chi connectivity index (χ1) is 13.1. The summed E-state index contributed by atoms with van der Waals surface area (Å²) in [4.78, 5) is 41.1. The number of fused-ring (bicyclic) bond motifs is 4. The van der Waals surface area contributed by atoms with Crippen molar-refractivity contribution < 1.29 is 19.5 Å². The normalized spacial score (nSPS) is 33.3. The van der Waals surface area contributed by atoms with E-state index in [9.17, 15) is 19.5 Å². The second-order valence-corrected chi connectivity index (χ2v) is 8.56. The van der Waals surface area contributed by atoms with Crippen LogP contribution < -0.4 is 10.6 Å². The van der Waals surface area contributed by atoms with Gasteiger partial charge in [0.05, 0.1) is 17.9 Å². The van der Waals surface area contributed by atoms with Crippen molar-refractivity contribution in [1.29, 1.82) is 0 Å². The molecule has 3 amide bonds. The SMILES string of the molecule is CCC(C)N1C(=O)[C@@H]2C(C(C)O)NC3(C(=O)Nc4c(C)cc(Cl)cc43)[C@@H]2C1=O. The Kier molecular flexibility index (Phi) is 4.34. The minimum atomic E-state index is -1.42. The van der Waals surface area contributed by atoms with Crippen molar-refractivity contribution in [3.63, 3.8) is 0 Å². The Morgan fingerprint density at radius 2 is 1.93 bits per heavy atom. The van der Waals surface area contributed by atoms with Crippen LogP contribution in [0.25, 0.3) is 0 Å². The summed E-state index contributed by atoms with van der Waals surface area (Å²) in [7, 11) is 0. The zero-order valence-corrected chi connectivity index (χ0v) is 17.0. The van der Waals surface area contributed by atoms with E-state index in [1.807, 2.05) is 20.8 Å². The number of hydrogen-bond acceptors (Lipinski definition) is 5. The lowest BCUT2D eigenvalue weighted by atomic mass is 9.76. The third kappa shape index (κ3) is 2.27. The zero-order valence-electron chi connectivity index (χ0n) is 16.2. The molecule has 0 bridgehead atoms. The van der Waals surface area contributed by atoms with Crippen LogP contribution in [-0.4, -0.2) is 45.9 Å². The van der Waals surface area contributed by atoms with Gasteiger partial charge in [-0.2, -0.15) is 0 Å². The average Bonchev–Trinajstić information content (AvgIpc) is 3.21. The predicted molar refractivity (Wildman–Crippen MR) is 104 cm³/mol. The van der Waals surface area contributed by atoms with E-state index in [1.165, 1.54) is 4.90 Å². The van der Waals surface area contributed by atoms with Crippen LogP contribution in [0.2, 0.25) is 5.02 Å². The van der Waals surface area contributed by atoms with Gasteiger partial charge in [0.1, 0.15) is 5.54 Å². The molecule has 0 radical (unpaired) electrons. The molecular formula is C20H24ClN3O4. The maximum Gasteiger partial charge on any atom is 0.250 e.